The number of carbonyl (C=O) groups excluding carboxylic acids is 1. The first-order chi connectivity index (χ1) is 12.5. The van der Waals surface area contributed by atoms with Crippen LogP contribution < -0.4 is 11.2 Å². The number of carbonyl (C=O) groups is 1. The second-order valence-corrected chi connectivity index (χ2v) is 7.06. The lowest BCUT2D eigenvalue weighted by molar-refractivity contribution is 0.0956. The highest BCUT2D eigenvalue weighted by molar-refractivity contribution is 14.1. The predicted molar refractivity (Wildman–Crippen MR) is 114 cm³/mol. The summed E-state index contributed by atoms with van der Waals surface area (Å²) in [5.41, 5.74) is 13.4. The van der Waals surface area contributed by atoms with Crippen molar-refractivity contribution in [3.05, 3.63) is 80.7 Å². The Bertz CT molecular complexity index is 991. The monoisotopic (exact) mass is 458 g/mol. The third-order valence-corrected chi connectivity index (χ3v) is 5.05. The van der Waals surface area contributed by atoms with Crippen molar-refractivity contribution in [2.45, 2.75) is 13.8 Å². The zero-order valence-electron chi connectivity index (χ0n) is 14.5. The van der Waals surface area contributed by atoms with Gasteiger partial charge >= 0.3 is 0 Å². The molecule has 0 aliphatic heterocycles. The Morgan fingerprint density at radius 3 is 2.58 bits per heavy atom. The zero-order valence-corrected chi connectivity index (χ0v) is 16.7. The van der Waals surface area contributed by atoms with E-state index in [1.807, 2.05) is 25.1 Å². The second-order valence-electron chi connectivity index (χ2n) is 5.90. The molecule has 1 amide bonds. The molecule has 0 aliphatic carbocycles. The molecule has 0 spiro atoms. The molecule has 3 rings (SSSR count). The van der Waals surface area contributed by atoms with E-state index in [1.54, 1.807) is 30.5 Å². The summed E-state index contributed by atoms with van der Waals surface area (Å²) in [5.74, 6) is -0.328. The Kier molecular flexibility index (Phi) is 5.41. The van der Waals surface area contributed by atoms with Crippen molar-refractivity contribution in [1.82, 2.24) is 9.99 Å². The van der Waals surface area contributed by atoms with Gasteiger partial charge in [0.1, 0.15) is 0 Å². The molecular formula is C20H19IN4O. The molecule has 0 radical (unpaired) electrons. The largest absolute Gasteiger partial charge is 0.398 e. The van der Waals surface area contributed by atoms with Gasteiger partial charge in [-0.3, -0.25) is 4.79 Å². The van der Waals surface area contributed by atoms with Crippen molar-refractivity contribution in [2.24, 2.45) is 5.10 Å². The lowest BCUT2D eigenvalue weighted by Gasteiger charge is -2.11. The number of aryl methyl sites for hydroxylation is 1. The summed E-state index contributed by atoms with van der Waals surface area (Å²) in [6.45, 7) is 4.09. The van der Waals surface area contributed by atoms with Crippen molar-refractivity contribution in [3.63, 3.8) is 0 Å². The van der Waals surface area contributed by atoms with E-state index in [4.69, 9.17) is 5.73 Å². The molecule has 1 aromatic heterocycles. The molecule has 1 heterocycles. The van der Waals surface area contributed by atoms with E-state index in [2.05, 4.69) is 56.7 Å². The van der Waals surface area contributed by atoms with Crippen LogP contribution in [-0.4, -0.2) is 16.7 Å². The maximum atomic E-state index is 12.2. The fourth-order valence-electron chi connectivity index (χ4n) is 2.85. The van der Waals surface area contributed by atoms with Crippen molar-refractivity contribution < 1.29 is 4.79 Å². The minimum atomic E-state index is -0.328. The van der Waals surface area contributed by atoms with Crippen LogP contribution in [0.4, 0.5) is 5.69 Å². The third kappa shape index (κ3) is 3.65. The summed E-state index contributed by atoms with van der Waals surface area (Å²) < 4.78 is 3.35. The number of para-hydroxylation sites is 2. The minimum Gasteiger partial charge on any atom is -0.398 e. The van der Waals surface area contributed by atoms with Crippen LogP contribution in [0.3, 0.4) is 0 Å². The van der Waals surface area contributed by atoms with Crippen LogP contribution in [0.25, 0.3) is 5.69 Å². The van der Waals surface area contributed by atoms with E-state index < -0.39 is 0 Å². The lowest BCUT2D eigenvalue weighted by atomic mass is 10.2. The molecule has 5 nitrogen and oxygen atoms in total. The third-order valence-electron chi connectivity index (χ3n) is 4.14. The van der Waals surface area contributed by atoms with E-state index in [0.717, 1.165) is 22.6 Å². The van der Waals surface area contributed by atoms with E-state index in [1.165, 1.54) is 3.57 Å². The van der Waals surface area contributed by atoms with Crippen LogP contribution in [-0.2, 0) is 0 Å². The molecule has 0 aliphatic rings. The molecule has 3 N–H and O–H groups in total. The number of aromatic nitrogens is 1. The molecule has 0 unspecified atom stereocenters. The number of rotatable bonds is 4. The SMILES string of the molecule is Cc1cc(/C=N\NC(=O)c2ccccc2N)c(C)n1-c1ccccc1I. The predicted octanol–water partition coefficient (Wildman–Crippen LogP) is 4.04. The quantitative estimate of drug-likeness (QED) is 0.268. The van der Waals surface area contributed by atoms with Gasteiger partial charge in [0.05, 0.1) is 17.5 Å². The van der Waals surface area contributed by atoms with Crippen LogP contribution in [0.2, 0.25) is 0 Å². The van der Waals surface area contributed by atoms with Gasteiger partial charge in [-0.05, 0) is 66.8 Å². The molecular weight excluding hydrogens is 439 g/mol. The van der Waals surface area contributed by atoms with Crippen LogP contribution in [0.5, 0.6) is 0 Å². The average Bonchev–Trinajstić information content (AvgIpc) is 2.90. The molecule has 3 aromatic rings. The average molecular weight is 458 g/mol. The standard InChI is InChI=1S/C20H19IN4O/c1-13-11-15(14(2)25(13)19-10-6-4-8-17(19)21)12-23-24-20(26)16-7-3-5-9-18(16)22/h3-12H,22H2,1-2H3,(H,24,26)/b23-12-. The topological polar surface area (TPSA) is 72.4 Å². The molecule has 132 valence electrons. The van der Waals surface area contributed by atoms with Gasteiger partial charge in [0.25, 0.3) is 5.91 Å². The van der Waals surface area contributed by atoms with Crippen molar-refractivity contribution in [1.29, 1.82) is 0 Å². The highest BCUT2D eigenvalue weighted by Crippen LogP contribution is 2.23. The van der Waals surface area contributed by atoms with Gasteiger partial charge in [0.15, 0.2) is 0 Å². The van der Waals surface area contributed by atoms with Crippen LogP contribution in [0.15, 0.2) is 59.7 Å². The number of hydrogen-bond acceptors (Lipinski definition) is 3. The van der Waals surface area contributed by atoms with Crippen LogP contribution >= 0.6 is 22.6 Å². The van der Waals surface area contributed by atoms with Gasteiger partial charge in [-0.1, -0.05) is 24.3 Å². The minimum absolute atomic E-state index is 0.328. The number of halogens is 1. The summed E-state index contributed by atoms with van der Waals surface area (Å²) in [6, 6.07) is 17.2. The van der Waals surface area contributed by atoms with Crippen LogP contribution in [0, 0.1) is 17.4 Å². The summed E-state index contributed by atoms with van der Waals surface area (Å²) in [6.07, 6.45) is 1.66. The van der Waals surface area contributed by atoms with Gasteiger partial charge in [-0.2, -0.15) is 5.10 Å². The fraction of sp³-hybridized carbons (Fsp3) is 0.100. The first-order valence-corrected chi connectivity index (χ1v) is 9.18. The summed E-state index contributed by atoms with van der Waals surface area (Å²) >= 11 is 2.33. The number of nitrogens with one attached hydrogen (secondary N) is 1. The molecule has 0 saturated heterocycles. The second kappa shape index (κ2) is 7.74. The van der Waals surface area contributed by atoms with Gasteiger partial charge in [-0.15, -0.1) is 0 Å². The number of hydrazone groups is 1. The number of amides is 1. The van der Waals surface area contributed by atoms with E-state index >= 15 is 0 Å². The maximum absolute atomic E-state index is 12.2. The Morgan fingerprint density at radius 1 is 1.15 bits per heavy atom. The van der Waals surface area contributed by atoms with E-state index in [-0.39, 0.29) is 5.91 Å². The summed E-state index contributed by atoms with van der Waals surface area (Å²) in [4.78, 5) is 12.2. The Morgan fingerprint density at radius 2 is 1.85 bits per heavy atom. The first kappa shape index (κ1) is 18.2. The van der Waals surface area contributed by atoms with Crippen molar-refractivity contribution >= 4 is 40.4 Å². The Balaban J connectivity index is 1.82. The van der Waals surface area contributed by atoms with Crippen LogP contribution in [0.1, 0.15) is 27.3 Å². The fourth-order valence-corrected chi connectivity index (χ4v) is 3.48. The summed E-state index contributed by atoms with van der Waals surface area (Å²) in [5, 5.41) is 4.10. The van der Waals surface area contributed by atoms with Crippen molar-refractivity contribution in [2.75, 3.05) is 5.73 Å². The van der Waals surface area contributed by atoms with Crippen molar-refractivity contribution in [3.8, 4) is 5.69 Å². The van der Waals surface area contributed by atoms with Gasteiger partial charge in [-0.25, -0.2) is 5.43 Å². The van der Waals surface area contributed by atoms with E-state index in [9.17, 15) is 4.79 Å². The lowest BCUT2D eigenvalue weighted by Crippen LogP contribution is -2.19. The van der Waals surface area contributed by atoms with E-state index in [0.29, 0.717) is 11.3 Å². The number of nitrogen functional groups attached to an aromatic ring is 1. The van der Waals surface area contributed by atoms with Gasteiger partial charge in [0.2, 0.25) is 0 Å². The molecule has 0 saturated carbocycles. The number of anilines is 1. The molecule has 0 bridgehead atoms. The maximum Gasteiger partial charge on any atom is 0.273 e. The highest BCUT2D eigenvalue weighted by Gasteiger charge is 2.12. The first-order valence-electron chi connectivity index (χ1n) is 8.11. The normalized spacial score (nSPS) is 11.0. The Hall–Kier alpha value is -2.61. The van der Waals surface area contributed by atoms with Gasteiger partial charge < -0.3 is 10.3 Å². The number of nitrogens with zero attached hydrogens (tertiary/aromatic N) is 2. The summed E-state index contributed by atoms with van der Waals surface area (Å²) in [7, 11) is 0. The zero-order chi connectivity index (χ0) is 18.7. The molecule has 6 heteroatoms. The molecule has 0 fully saturated rings. The molecule has 2 aromatic carbocycles. The van der Waals surface area contributed by atoms with Gasteiger partial charge in [0, 0.05) is 26.2 Å². The number of benzene rings is 2. The Labute approximate surface area is 166 Å². The number of nitrogens with two attached hydrogens (primary N) is 1. The molecule has 0 atom stereocenters. The highest BCUT2D eigenvalue weighted by atomic mass is 127. The number of hydrogen-bond donors (Lipinski definition) is 2. The smallest absolute Gasteiger partial charge is 0.273 e. The molecule has 26 heavy (non-hydrogen) atoms.